The molecule has 1 aromatic rings. The Labute approximate surface area is 143 Å². The number of benzene rings is 1. The molecule has 1 fully saturated rings. The third kappa shape index (κ3) is 5.15. The molecular weight excluding hydrogens is 306 g/mol. The molecular formula is C18H27N3O3. The molecule has 1 aliphatic rings. The molecule has 24 heavy (non-hydrogen) atoms. The summed E-state index contributed by atoms with van der Waals surface area (Å²) >= 11 is 0. The number of anilines is 1. The van der Waals surface area contributed by atoms with Gasteiger partial charge in [-0.3, -0.25) is 4.79 Å². The molecule has 0 aliphatic carbocycles. The Kier molecular flexibility index (Phi) is 6.90. The molecule has 1 atom stereocenters. The number of piperidine rings is 1. The number of carbonyl (C=O) groups excluding carboxylic acids is 2. The lowest BCUT2D eigenvalue weighted by molar-refractivity contribution is -0.126. The SMILES string of the molecule is CCCOc1cccc(NC(=O)N2CCCC(C(=O)NCC)C2)c1. The Bertz CT molecular complexity index is 562. The summed E-state index contributed by atoms with van der Waals surface area (Å²) in [5, 5.41) is 5.73. The summed E-state index contributed by atoms with van der Waals surface area (Å²) in [5.41, 5.74) is 0.703. The molecule has 1 heterocycles. The zero-order valence-corrected chi connectivity index (χ0v) is 14.5. The number of amides is 3. The van der Waals surface area contributed by atoms with E-state index in [2.05, 4.69) is 10.6 Å². The number of hydrogen-bond donors (Lipinski definition) is 2. The second-order valence-electron chi connectivity index (χ2n) is 5.99. The highest BCUT2D eigenvalue weighted by atomic mass is 16.5. The van der Waals surface area contributed by atoms with Crippen LogP contribution in [0, 0.1) is 5.92 Å². The average molecular weight is 333 g/mol. The van der Waals surface area contributed by atoms with E-state index in [1.54, 1.807) is 4.90 Å². The Morgan fingerprint density at radius 3 is 2.92 bits per heavy atom. The topological polar surface area (TPSA) is 70.7 Å². The van der Waals surface area contributed by atoms with Crippen molar-refractivity contribution in [2.45, 2.75) is 33.1 Å². The largest absolute Gasteiger partial charge is 0.494 e. The number of nitrogens with zero attached hydrogens (tertiary/aromatic N) is 1. The van der Waals surface area contributed by atoms with E-state index in [0.717, 1.165) is 25.0 Å². The molecule has 132 valence electrons. The van der Waals surface area contributed by atoms with Gasteiger partial charge in [0.25, 0.3) is 0 Å². The first-order chi connectivity index (χ1) is 11.6. The minimum atomic E-state index is -0.170. The van der Waals surface area contributed by atoms with Gasteiger partial charge in [0.15, 0.2) is 0 Å². The van der Waals surface area contributed by atoms with E-state index >= 15 is 0 Å². The van der Waals surface area contributed by atoms with Crippen molar-refractivity contribution in [2.75, 3.05) is 31.6 Å². The van der Waals surface area contributed by atoms with Crippen molar-refractivity contribution in [3.63, 3.8) is 0 Å². The van der Waals surface area contributed by atoms with Crippen molar-refractivity contribution in [2.24, 2.45) is 5.92 Å². The van der Waals surface area contributed by atoms with Crippen LogP contribution in [0.5, 0.6) is 5.75 Å². The molecule has 0 radical (unpaired) electrons. The van der Waals surface area contributed by atoms with E-state index in [4.69, 9.17) is 4.74 Å². The zero-order valence-electron chi connectivity index (χ0n) is 14.5. The van der Waals surface area contributed by atoms with Crippen LogP contribution >= 0.6 is 0 Å². The van der Waals surface area contributed by atoms with Crippen molar-refractivity contribution < 1.29 is 14.3 Å². The molecule has 0 saturated carbocycles. The Balaban J connectivity index is 1.93. The fraction of sp³-hybridized carbons (Fsp3) is 0.556. The minimum absolute atomic E-state index is 0.0324. The third-order valence-corrected chi connectivity index (χ3v) is 3.99. The number of ether oxygens (including phenoxy) is 1. The first kappa shape index (κ1) is 18.1. The van der Waals surface area contributed by atoms with Crippen LogP contribution in [-0.2, 0) is 4.79 Å². The van der Waals surface area contributed by atoms with Crippen LogP contribution < -0.4 is 15.4 Å². The summed E-state index contributed by atoms with van der Waals surface area (Å²) in [6.45, 7) is 6.35. The van der Waals surface area contributed by atoms with Crippen LogP contribution in [-0.4, -0.2) is 43.1 Å². The third-order valence-electron chi connectivity index (χ3n) is 3.99. The van der Waals surface area contributed by atoms with Gasteiger partial charge in [0.1, 0.15) is 5.75 Å². The van der Waals surface area contributed by atoms with Gasteiger partial charge in [-0.15, -0.1) is 0 Å². The van der Waals surface area contributed by atoms with Gasteiger partial charge in [-0.1, -0.05) is 13.0 Å². The molecule has 2 N–H and O–H groups in total. The van der Waals surface area contributed by atoms with Gasteiger partial charge in [-0.25, -0.2) is 4.79 Å². The Morgan fingerprint density at radius 2 is 2.17 bits per heavy atom. The summed E-state index contributed by atoms with van der Waals surface area (Å²) < 4.78 is 5.58. The quantitative estimate of drug-likeness (QED) is 0.841. The summed E-state index contributed by atoms with van der Waals surface area (Å²) in [4.78, 5) is 26.2. The van der Waals surface area contributed by atoms with Crippen LogP contribution in [0.15, 0.2) is 24.3 Å². The molecule has 6 nitrogen and oxygen atoms in total. The van der Waals surface area contributed by atoms with E-state index < -0.39 is 0 Å². The number of likely N-dealkylation sites (tertiary alicyclic amines) is 1. The van der Waals surface area contributed by atoms with Gasteiger partial charge < -0.3 is 20.3 Å². The van der Waals surface area contributed by atoms with Crippen molar-refractivity contribution in [3.05, 3.63) is 24.3 Å². The van der Waals surface area contributed by atoms with Crippen LogP contribution in [0.2, 0.25) is 0 Å². The van der Waals surface area contributed by atoms with E-state index in [1.807, 2.05) is 38.1 Å². The Morgan fingerprint density at radius 1 is 1.33 bits per heavy atom. The summed E-state index contributed by atoms with van der Waals surface area (Å²) in [6, 6.07) is 7.21. The van der Waals surface area contributed by atoms with Crippen molar-refractivity contribution in [1.29, 1.82) is 0 Å². The van der Waals surface area contributed by atoms with Gasteiger partial charge >= 0.3 is 6.03 Å². The molecule has 1 aliphatic heterocycles. The maximum absolute atomic E-state index is 12.5. The smallest absolute Gasteiger partial charge is 0.321 e. The molecule has 0 bridgehead atoms. The van der Waals surface area contributed by atoms with Crippen LogP contribution in [0.1, 0.15) is 33.1 Å². The highest BCUT2D eigenvalue weighted by Crippen LogP contribution is 2.20. The van der Waals surface area contributed by atoms with Crippen molar-refractivity contribution in [1.82, 2.24) is 10.2 Å². The summed E-state index contributed by atoms with van der Waals surface area (Å²) in [7, 11) is 0. The van der Waals surface area contributed by atoms with E-state index in [-0.39, 0.29) is 17.9 Å². The van der Waals surface area contributed by atoms with E-state index in [0.29, 0.717) is 31.9 Å². The predicted octanol–water partition coefficient (Wildman–Crippen LogP) is 2.86. The van der Waals surface area contributed by atoms with E-state index in [1.165, 1.54) is 0 Å². The molecule has 3 amide bonds. The van der Waals surface area contributed by atoms with Crippen LogP contribution in [0.4, 0.5) is 10.5 Å². The van der Waals surface area contributed by atoms with Gasteiger partial charge in [-0.2, -0.15) is 0 Å². The molecule has 6 heteroatoms. The van der Waals surface area contributed by atoms with Crippen molar-refractivity contribution >= 4 is 17.6 Å². The highest BCUT2D eigenvalue weighted by Gasteiger charge is 2.28. The molecule has 1 saturated heterocycles. The standard InChI is InChI=1S/C18H27N3O3/c1-3-11-24-16-9-5-8-15(12-16)20-18(23)21-10-6-7-14(13-21)17(22)19-4-2/h5,8-9,12,14H,3-4,6-7,10-11,13H2,1-2H3,(H,19,22)(H,20,23). The zero-order chi connectivity index (χ0) is 17.4. The normalized spacial score (nSPS) is 17.2. The lowest BCUT2D eigenvalue weighted by Crippen LogP contribution is -2.46. The second kappa shape index (κ2) is 9.15. The monoisotopic (exact) mass is 333 g/mol. The van der Waals surface area contributed by atoms with Gasteiger partial charge in [-0.05, 0) is 38.3 Å². The highest BCUT2D eigenvalue weighted by molar-refractivity contribution is 5.90. The maximum atomic E-state index is 12.5. The van der Waals surface area contributed by atoms with Gasteiger partial charge in [0.2, 0.25) is 5.91 Å². The number of hydrogen-bond acceptors (Lipinski definition) is 3. The predicted molar refractivity (Wildman–Crippen MR) is 94.2 cm³/mol. The number of nitrogens with one attached hydrogen (secondary N) is 2. The van der Waals surface area contributed by atoms with Gasteiger partial charge in [0, 0.05) is 31.4 Å². The molecule has 0 spiro atoms. The first-order valence-corrected chi connectivity index (χ1v) is 8.70. The first-order valence-electron chi connectivity index (χ1n) is 8.70. The molecule has 1 unspecified atom stereocenters. The molecule has 1 aromatic carbocycles. The summed E-state index contributed by atoms with van der Waals surface area (Å²) in [5.74, 6) is 0.655. The second-order valence-corrected chi connectivity index (χ2v) is 5.99. The van der Waals surface area contributed by atoms with Crippen LogP contribution in [0.3, 0.4) is 0 Å². The number of urea groups is 1. The molecule has 0 aromatic heterocycles. The lowest BCUT2D eigenvalue weighted by atomic mass is 9.97. The maximum Gasteiger partial charge on any atom is 0.321 e. The number of carbonyl (C=O) groups is 2. The van der Waals surface area contributed by atoms with Crippen LogP contribution in [0.25, 0.3) is 0 Å². The van der Waals surface area contributed by atoms with E-state index in [9.17, 15) is 9.59 Å². The van der Waals surface area contributed by atoms with Crippen molar-refractivity contribution in [3.8, 4) is 5.75 Å². The molecule has 2 rings (SSSR count). The summed E-state index contributed by atoms with van der Waals surface area (Å²) in [6.07, 6.45) is 2.61. The Hall–Kier alpha value is -2.24. The fourth-order valence-corrected chi connectivity index (χ4v) is 2.78. The van der Waals surface area contributed by atoms with Gasteiger partial charge in [0.05, 0.1) is 12.5 Å². The minimum Gasteiger partial charge on any atom is -0.494 e. The lowest BCUT2D eigenvalue weighted by Gasteiger charge is -2.32. The fourth-order valence-electron chi connectivity index (χ4n) is 2.78. The number of rotatable bonds is 6. The average Bonchev–Trinajstić information content (AvgIpc) is 2.60.